The standard InChI is InChI=1S/C13H12ClN3O4/c1-21-13(20)8-6-7(14)2-3-9(8)15-12(19)10-4-5-11(18)17-16-10/h2-3,6H,4-5H2,1H3,(H,15,19)(H,17,18). The van der Waals surface area contributed by atoms with E-state index in [-0.39, 0.29) is 35.7 Å². The van der Waals surface area contributed by atoms with Crippen LogP contribution >= 0.6 is 11.6 Å². The van der Waals surface area contributed by atoms with Gasteiger partial charge >= 0.3 is 5.97 Å². The van der Waals surface area contributed by atoms with Crippen molar-refractivity contribution < 1.29 is 19.1 Å². The summed E-state index contributed by atoms with van der Waals surface area (Å²) < 4.78 is 4.64. The predicted molar refractivity (Wildman–Crippen MR) is 76.2 cm³/mol. The van der Waals surface area contributed by atoms with Crippen LogP contribution in [0.1, 0.15) is 23.2 Å². The number of halogens is 1. The molecule has 0 bridgehead atoms. The molecule has 0 radical (unpaired) electrons. The molecule has 0 unspecified atom stereocenters. The lowest BCUT2D eigenvalue weighted by molar-refractivity contribution is -0.121. The van der Waals surface area contributed by atoms with E-state index in [9.17, 15) is 14.4 Å². The molecule has 0 atom stereocenters. The molecule has 2 amide bonds. The van der Waals surface area contributed by atoms with Crippen LogP contribution in [0, 0.1) is 0 Å². The number of benzene rings is 1. The van der Waals surface area contributed by atoms with Gasteiger partial charge in [-0.25, -0.2) is 10.2 Å². The number of amides is 2. The molecule has 110 valence electrons. The lowest BCUT2D eigenvalue weighted by atomic mass is 10.1. The van der Waals surface area contributed by atoms with Gasteiger partial charge < -0.3 is 10.1 Å². The van der Waals surface area contributed by atoms with Crippen LogP contribution in [0.15, 0.2) is 23.3 Å². The van der Waals surface area contributed by atoms with Gasteiger partial charge in [-0.05, 0) is 18.2 Å². The highest BCUT2D eigenvalue weighted by molar-refractivity contribution is 6.44. The van der Waals surface area contributed by atoms with Crippen LogP contribution in [0.3, 0.4) is 0 Å². The van der Waals surface area contributed by atoms with E-state index >= 15 is 0 Å². The van der Waals surface area contributed by atoms with E-state index in [4.69, 9.17) is 11.6 Å². The highest BCUT2D eigenvalue weighted by atomic mass is 35.5. The van der Waals surface area contributed by atoms with E-state index in [0.29, 0.717) is 5.02 Å². The summed E-state index contributed by atoms with van der Waals surface area (Å²) in [5, 5.41) is 6.58. The Morgan fingerprint density at radius 1 is 1.38 bits per heavy atom. The Kier molecular flexibility index (Phi) is 4.54. The number of anilines is 1. The molecular weight excluding hydrogens is 298 g/mol. The smallest absolute Gasteiger partial charge is 0.340 e. The number of methoxy groups -OCH3 is 1. The molecule has 0 aromatic heterocycles. The van der Waals surface area contributed by atoms with Gasteiger partial charge in [0.05, 0.1) is 18.4 Å². The molecule has 0 aliphatic carbocycles. The van der Waals surface area contributed by atoms with Gasteiger partial charge in [-0.2, -0.15) is 5.10 Å². The summed E-state index contributed by atoms with van der Waals surface area (Å²) >= 11 is 5.83. The zero-order valence-electron chi connectivity index (χ0n) is 11.1. The van der Waals surface area contributed by atoms with Gasteiger partial charge in [-0.1, -0.05) is 11.6 Å². The Hall–Kier alpha value is -2.41. The zero-order valence-corrected chi connectivity index (χ0v) is 11.9. The highest BCUT2D eigenvalue weighted by Crippen LogP contribution is 2.21. The van der Waals surface area contributed by atoms with Crippen LogP contribution in [-0.2, 0) is 14.3 Å². The molecule has 8 heteroatoms. The maximum atomic E-state index is 12.0. The largest absolute Gasteiger partial charge is 0.465 e. The fraction of sp³-hybridized carbons (Fsp3) is 0.231. The number of hydrogen-bond acceptors (Lipinski definition) is 5. The average Bonchev–Trinajstić information content (AvgIpc) is 2.48. The Morgan fingerprint density at radius 3 is 2.76 bits per heavy atom. The molecule has 2 N–H and O–H groups in total. The molecule has 0 saturated carbocycles. The van der Waals surface area contributed by atoms with Gasteiger partial charge in [0.1, 0.15) is 5.71 Å². The van der Waals surface area contributed by atoms with Gasteiger partial charge in [0.25, 0.3) is 5.91 Å². The third-order valence-corrected chi connectivity index (χ3v) is 3.04. The van der Waals surface area contributed by atoms with Crippen LogP contribution in [0.25, 0.3) is 0 Å². The van der Waals surface area contributed by atoms with Crippen LogP contribution in [-0.4, -0.2) is 30.6 Å². The van der Waals surface area contributed by atoms with Crippen molar-refractivity contribution in [1.82, 2.24) is 5.43 Å². The van der Waals surface area contributed by atoms with E-state index in [1.165, 1.54) is 25.3 Å². The van der Waals surface area contributed by atoms with Crippen molar-refractivity contribution in [3.05, 3.63) is 28.8 Å². The van der Waals surface area contributed by atoms with Crippen molar-refractivity contribution in [2.24, 2.45) is 5.10 Å². The molecule has 0 saturated heterocycles. The minimum absolute atomic E-state index is 0.138. The number of hydrogen-bond donors (Lipinski definition) is 2. The number of carbonyl (C=O) groups is 3. The topological polar surface area (TPSA) is 96.9 Å². The molecule has 1 aliphatic rings. The van der Waals surface area contributed by atoms with Crippen LogP contribution in [0.4, 0.5) is 5.69 Å². The van der Waals surface area contributed by atoms with Crippen molar-refractivity contribution in [3.63, 3.8) is 0 Å². The molecule has 1 aromatic rings. The second-order valence-corrected chi connectivity index (χ2v) is 4.67. The molecule has 0 fully saturated rings. The Morgan fingerprint density at radius 2 is 2.14 bits per heavy atom. The van der Waals surface area contributed by atoms with Crippen molar-refractivity contribution in [3.8, 4) is 0 Å². The number of nitrogens with zero attached hydrogens (tertiary/aromatic N) is 1. The van der Waals surface area contributed by atoms with E-state index < -0.39 is 11.9 Å². The fourth-order valence-electron chi connectivity index (χ4n) is 1.74. The quantitative estimate of drug-likeness (QED) is 0.823. The summed E-state index contributed by atoms with van der Waals surface area (Å²) in [6.07, 6.45) is 0.426. The predicted octanol–water partition coefficient (Wildman–Crippen LogP) is 1.33. The third-order valence-electron chi connectivity index (χ3n) is 2.80. The summed E-state index contributed by atoms with van der Waals surface area (Å²) in [5.41, 5.74) is 2.81. The lowest BCUT2D eigenvalue weighted by Gasteiger charge is -2.13. The normalized spacial score (nSPS) is 14.0. The second kappa shape index (κ2) is 6.36. The first-order valence-corrected chi connectivity index (χ1v) is 6.43. The highest BCUT2D eigenvalue weighted by Gasteiger charge is 2.20. The average molecular weight is 310 g/mol. The van der Waals surface area contributed by atoms with E-state index in [1.54, 1.807) is 0 Å². The molecule has 1 heterocycles. The first-order valence-electron chi connectivity index (χ1n) is 6.06. The van der Waals surface area contributed by atoms with E-state index in [0.717, 1.165) is 0 Å². The first-order chi connectivity index (χ1) is 10.0. The second-order valence-electron chi connectivity index (χ2n) is 4.23. The van der Waals surface area contributed by atoms with Crippen molar-refractivity contribution >= 4 is 40.8 Å². The van der Waals surface area contributed by atoms with Crippen molar-refractivity contribution in [1.29, 1.82) is 0 Å². The van der Waals surface area contributed by atoms with Crippen LogP contribution in [0.2, 0.25) is 5.02 Å². The number of nitrogens with one attached hydrogen (secondary N) is 2. The molecule has 1 aliphatic heterocycles. The molecule has 21 heavy (non-hydrogen) atoms. The first kappa shape index (κ1) is 15.0. The lowest BCUT2D eigenvalue weighted by Crippen LogP contribution is -2.33. The SMILES string of the molecule is COC(=O)c1cc(Cl)ccc1NC(=O)C1=NNC(=O)CC1. The van der Waals surface area contributed by atoms with Gasteiger partial charge in [-0.3, -0.25) is 9.59 Å². The molecule has 0 spiro atoms. The fourth-order valence-corrected chi connectivity index (χ4v) is 1.91. The summed E-state index contributed by atoms with van der Waals surface area (Å²) in [6, 6.07) is 4.43. The number of hydrazone groups is 1. The van der Waals surface area contributed by atoms with Crippen LogP contribution in [0.5, 0.6) is 0 Å². The van der Waals surface area contributed by atoms with Crippen molar-refractivity contribution in [2.75, 3.05) is 12.4 Å². The number of rotatable bonds is 3. The Balaban J connectivity index is 2.21. The van der Waals surface area contributed by atoms with Gasteiger partial charge in [0, 0.05) is 17.9 Å². The minimum Gasteiger partial charge on any atom is -0.465 e. The Labute approximate surface area is 125 Å². The molecule has 2 rings (SSSR count). The summed E-state index contributed by atoms with van der Waals surface area (Å²) in [5.74, 6) is -1.36. The van der Waals surface area contributed by atoms with Gasteiger partial charge in [-0.15, -0.1) is 0 Å². The third kappa shape index (κ3) is 3.57. The summed E-state index contributed by atoms with van der Waals surface area (Å²) in [6.45, 7) is 0. The maximum Gasteiger partial charge on any atom is 0.340 e. The number of carbonyl (C=O) groups excluding carboxylic acids is 3. The monoisotopic (exact) mass is 309 g/mol. The van der Waals surface area contributed by atoms with Gasteiger partial charge in [0.15, 0.2) is 0 Å². The Bertz CT molecular complexity index is 642. The molecule has 1 aromatic carbocycles. The van der Waals surface area contributed by atoms with E-state index in [2.05, 4.69) is 20.6 Å². The molecular formula is C13H12ClN3O4. The summed E-state index contributed by atoms with van der Waals surface area (Å²) in [7, 11) is 1.23. The minimum atomic E-state index is -0.619. The van der Waals surface area contributed by atoms with Crippen LogP contribution < -0.4 is 10.7 Å². The van der Waals surface area contributed by atoms with Gasteiger partial charge in [0.2, 0.25) is 5.91 Å². The number of ether oxygens (including phenoxy) is 1. The summed E-state index contributed by atoms with van der Waals surface area (Å²) in [4.78, 5) is 34.7. The zero-order chi connectivity index (χ0) is 15.4. The molecule has 7 nitrogen and oxygen atoms in total. The van der Waals surface area contributed by atoms with E-state index in [1.807, 2.05) is 0 Å². The maximum absolute atomic E-state index is 12.0. The number of esters is 1. The van der Waals surface area contributed by atoms with Crippen molar-refractivity contribution in [2.45, 2.75) is 12.8 Å².